The SMILES string of the molecule is C.C.CP(C)(=S)S.C[P+](C)([S-])[S-].C[P+](C)([S-])[S-].O.O.[Co].[Co]. The average Bonchev–Trinajstić information content (AvgIpc) is 1.41. The van der Waals surface area contributed by atoms with E-state index in [1.807, 2.05) is 40.0 Å². The van der Waals surface area contributed by atoms with Gasteiger partial charge in [0.2, 0.25) is 0 Å². The molecule has 0 bridgehead atoms. The van der Waals surface area contributed by atoms with Crippen LogP contribution in [0.1, 0.15) is 14.9 Å². The van der Waals surface area contributed by atoms with Gasteiger partial charge in [0.05, 0.1) is 0 Å². The van der Waals surface area contributed by atoms with E-state index in [0.29, 0.717) is 0 Å². The predicted octanol–water partition coefficient (Wildman–Crippen LogP) is 3.56. The Labute approximate surface area is 187 Å². The summed E-state index contributed by atoms with van der Waals surface area (Å²) in [5, 5.41) is -1.11. The molecule has 0 fully saturated rings. The van der Waals surface area contributed by atoms with Crippen LogP contribution in [0.5, 0.6) is 0 Å². The van der Waals surface area contributed by atoms with Crippen molar-refractivity contribution in [2.75, 3.05) is 40.0 Å². The molecule has 0 aliphatic carbocycles. The van der Waals surface area contributed by atoms with Gasteiger partial charge in [0, 0.05) is 60.2 Å². The van der Waals surface area contributed by atoms with Crippen molar-refractivity contribution in [2.45, 2.75) is 14.9 Å². The van der Waals surface area contributed by atoms with E-state index in [4.69, 9.17) is 60.8 Å². The van der Waals surface area contributed by atoms with Gasteiger partial charge in [-0.25, -0.2) is 11.3 Å². The van der Waals surface area contributed by atoms with Gasteiger partial charge in [-0.3, -0.25) is 0 Å². The maximum absolute atomic E-state index is 4.80. The summed E-state index contributed by atoms with van der Waals surface area (Å²) in [5.74, 6) is 0. The van der Waals surface area contributed by atoms with Gasteiger partial charge in [-0.05, 0) is 18.6 Å². The zero-order valence-electron chi connectivity index (χ0n) is 11.5. The first-order valence-corrected chi connectivity index (χ1v) is 18.1. The molecule has 0 atom stereocenters. The van der Waals surface area contributed by atoms with Crippen LogP contribution < -0.4 is 0 Å². The minimum atomic E-state index is -1.22. The Morgan fingerprint density at radius 2 is 0.762 bits per heavy atom. The fourth-order valence-corrected chi connectivity index (χ4v) is 0. The van der Waals surface area contributed by atoms with Crippen molar-refractivity contribution < 1.29 is 44.5 Å². The van der Waals surface area contributed by atoms with E-state index in [0.717, 1.165) is 0 Å². The van der Waals surface area contributed by atoms with E-state index in [9.17, 15) is 0 Å². The van der Waals surface area contributed by atoms with E-state index >= 15 is 0 Å². The molecule has 0 aromatic rings. The van der Waals surface area contributed by atoms with Gasteiger partial charge in [0.25, 0.3) is 0 Å². The van der Waals surface area contributed by atoms with Crippen molar-refractivity contribution in [2.24, 2.45) is 0 Å². The van der Waals surface area contributed by atoms with Crippen molar-refractivity contribution in [3.63, 3.8) is 0 Å². The van der Waals surface area contributed by atoms with Crippen molar-refractivity contribution in [3.05, 3.63) is 0 Å². The van der Waals surface area contributed by atoms with Crippen LogP contribution >= 0.6 is 28.8 Å². The third-order valence-corrected chi connectivity index (χ3v) is 0. The fraction of sp³-hybridized carbons (Fsp3) is 1.00. The standard InChI is InChI=1S/3C2H7PS2.2CH4.2Co.2H2O/c3*1-3(2,4)5;;;;;;/h3*1-2H3,(H,4,5);2*1H4;;;2*1H2/p-2. The van der Waals surface area contributed by atoms with Gasteiger partial charge in [0.15, 0.2) is 0 Å². The summed E-state index contributed by atoms with van der Waals surface area (Å²) < 4.78 is 0. The van der Waals surface area contributed by atoms with Crippen molar-refractivity contribution in [1.82, 2.24) is 0 Å². The Morgan fingerprint density at radius 3 is 0.762 bits per heavy atom. The summed E-state index contributed by atoms with van der Waals surface area (Å²) in [6.07, 6.45) is 0. The molecule has 13 heteroatoms. The minimum absolute atomic E-state index is 0. The summed E-state index contributed by atoms with van der Waals surface area (Å²) >= 11 is 27.9. The second-order valence-corrected chi connectivity index (χ2v) is 30.3. The third kappa shape index (κ3) is 678. The molecule has 2 nitrogen and oxygen atoms in total. The van der Waals surface area contributed by atoms with E-state index in [1.54, 1.807) is 0 Å². The molecule has 4 N–H and O–H groups in total. The normalized spacial score (nSPS) is 8.52. The summed E-state index contributed by atoms with van der Waals surface area (Å²) in [4.78, 5) is 0. The molecule has 0 aliphatic heterocycles. The van der Waals surface area contributed by atoms with E-state index in [1.165, 1.54) is 0 Å². The second-order valence-electron chi connectivity index (χ2n) is 3.80. The molecule has 0 amide bonds. The van der Waals surface area contributed by atoms with Crippen LogP contribution in [0.25, 0.3) is 0 Å². The first kappa shape index (κ1) is 56.2. The predicted molar refractivity (Wildman–Crippen MR) is 123 cm³/mol. The Kier molecular flexibility index (Phi) is 70.8. The zero-order chi connectivity index (χ0) is 13.5. The molecule has 0 aliphatic rings. The molecule has 0 aromatic carbocycles. The molecule has 146 valence electrons. The Balaban J connectivity index is -0.0000000129. The Morgan fingerprint density at radius 1 is 0.762 bits per heavy atom. The fourth-order valence-electron chi connectivity index (χ4n) is 0. The summed E-state index contributed by atoms with van der Waals surface area (Å²) in [6, 6.07) is 0. The molecular weight excluding hydrogens is 531 g/mol. The Hall–Kier alpha value is 4.19. The van der Waals surface area contributed by atoms with Crippen LogP contribution in [0.3, 0.4) is 0 Å². The van der Waals surface area contributed by atoms with Gasteiger partial charge in [0.1, 0.15) is 0 Å². The molecule has 0 heterocycles. The van der Waals surface area contributed by atoms with Crippen molar-refractivity contribution in [1.29, 1.82) is 0 Å². The van der Waals surface area contributed by atoms with Crippen LogP contribution in [-0.4, -0.2) is 50.9 Å². The topological polar surface area (TPSA) is 63.0 Å². The quantitative estimate of drug-likeness (QED) is 0.278. The van der Waals surface area contributed by atoms with Crippen LogP contribution in [0, 0.1) is 0 Å². The summed E-state index contributed by atoms with van der Waals surface area (Å²) in [7, 11) is 0. The van der Waals surface area contributed by atoms with Crippen LogP contribution in [0.4, 0.5) is 0 Å². The van der Waals surface area contributed by atoms with Crippen LogP contribution in [0.2, 0.25) is 0 Å². The summed E-state index contributed by atoms with van der Waals surface area (Å²) in [5.41, 5.74) is -2.44. The largest absolute Gasteiger partial charge is 0.579 e. The van der Waals surface area contributed by atoms with Gasteiger partial charge in [-0.1, -0.05) is 26.7 Å². The van der Waals surface area contributed by atoms with Crippen molar-refractivity contribution in [3.8, 4) is 0 Å². The van der Waals surface area contributed by atoms with Gasteiger partial charge in [-0.2, -0.15) is 0 Å². The summed E-state index contributed by atoms with van der Waals surface area (Å²) in [6.45, 7) is 11.7. The third-order valence-electron chi connectivity index (χ3n) is 0. The smallest absolute Gasteiger partial charge is 0.00930 e. The second kappa shape index (κ2) is 26.4. The van der Waals surface area contributed by atoms with Crippen LogP contribution in [-0.2, 0) is 94.4 Å². The van der Waals surface area contributed by atoms with Crippen LogP contribution in [0.15, 0.2) is 0 Å². The van der Waals surface area contributed by atoms with Gasteiger partial charge >= 0.3 is 0 Å². The van der Waals surface area contributed by atoms with Gasteiger partial charge in [-0.15, -0.1) is 12.2 Å². The molecule has 0 rings (SSSR count). The molecule has 0 saturated heterocycles. The molecule has 21 heavy (non-hydrogen) atoms. The number of hydrogen-bond acceptors (Lipinski definition) is 5. The number of rotatable bonds is 0. The zero-order valence-corrected chi connectivity index (χ0v) is 21.2. The van der Waals surface area contributed by atoms with Crippen molar-refractivity contribution >= 4 is 89.6 Å². The number of hydrogen-bond donors (Lipinski definition) is 1. The molecule has 0 aromatic heterocycles. The van der Waals surface area contributed by atoms with E-state index < -0.39 is 16.6 Å². The maximum atomic E-state index is 4.80. The average molecular weight is 563 g/mol. The number of thiol groups is 1. The maximum Gasteiger partial charge on any atom is 0.00930 e. The van der Waals surface area contributed by atoms with Gasteiger partial charge < -0.3 is 59.9 Å². The first-order valence-electron chi connectivity index (χ1n) is 3.80. The first-order chi connectivity index (χ1) is 6.00. The molecular formula is C8H31Co2O2P3S6-2. The Bertz CT molecular complexity index is 177. The monoisotopic (exact) mass is 562 g/mol. The molecule has 0 spiro atoms. The molecule has 0 unspecified atom stereocenters. The van der Waals surface area contributed by atoms with E-state index in [-0.39, 0.29) is 59.4 Å². The minimum Gasteiger partial charge on any atom is -0.579 e. The molecule has 0 saturated carbocycles. The van der Waals surface area contributed by atoms with E-state index in [2.05, 4.69) is 12.2 Å². The molecule has 2 radical (unpaired) electrons.